The lowest BCUT2D eigenvalue weighted by Gasteiger charge is -2.09. The summed E-state index contributed by atoms with van der Waals surface area (Å²) in [5, 5.41) is 8.87. The lowest BCUT2D eigenvalue weighted by Crippen LogP contribution is -1.97. The van der Waals surface area contributed by atoms with E-state index in [4.69, 9.17) is 9.84 Å². The Kier molecular flexibility index (Phi) is 3.62. The highest BCUT2D eigenvalue weighted by atomic mass is 79.9. The molecule has 1 N–H and O–H groups in total. The van der Waals surface area contributed by atoms with Crippen LogP contribution in [0.15, 0.2) is 41.1 Å². The lowest BCUT2D eigenvalue weighted by atomic mass is 10.1. The van der Waals surface area contributed by atoms with Crippen molar-refractivity contribution in [3.63, 3.8) is 0 Å². The fourth-order valence-electron chi connectivity index (χ4n) is 1.47. The quantitative estimate of drug-likeness (QED) is 0.940. The Morgan fingerprint density at radius 2 is 2.11 bits per heavy atom. The van der Waals surface area contributed by atoms with Crippen molar-refractivity contribution >= 4 is 21.9 Å². The zero-order chi connectivity index (χ0) is 13.1. The molecule has 0 saturated carbocycles. The molecule has 4 nitrogen and oxygen atoms in total. The number of hydrogen-bond acceptors (Lipinski definition) is 3. The zero-order valence-corrected chi connectivity index (χ0v) is 11.1. The number of rotatable bonds is 3. The van der Waals surface area contributed by atoms with Gasteiger partial charge in [-0.15, -0.1) is 0 Å². The van der Waals surface area contributed by atoms with Gasteiger partial charge in [-0.25, -0.2) is 4.79 Å². The second-order valence-electron chi connectivity index (χ2n) is 3.73. The fourth-order valence-corrected chi connectivity index (χ4v) is 1.82. The summed E-state index contributed by atoms with van der Waals surface area (Å²) in [5.41, 5.74) is 1.00. The first-order chi connectivity index (χ1) is 8.56. The maximum atomic E-state index is 10.8. The summed E-state index contributed by atoms with van der Waals surface area (Å²) in [6.07, 6.45) is 3.25. The maximum Gasteiger partial charge on any atom is 0.335 e. The van der Waals surface area contributed by atoms with E-state index >= 15 is 0 Å². The highest BCUT2D eigenvalue weighted by molar-refractivity contribution is 9.10. The minimum atomic E-state index is -0.950. The molecule has 92 valence electrons. The molecule has 0 amide bonds. The first-order valence-electron chi connectivity index (χ1n) is 5.18. The second-order valence-corrected chi connectivity index (χ2v) is 4.64. The fraction of sp³-hybridized carbons (Fsp3) is 0.0769. The van der Waals surface area contributed by atoms with E-state index in [0.29, 0.717) is 11.5 Å². The Balaban J connectivity index is 2.27. The van der Waals surface area contributed by atoms with Crippen LogP contribution in [0.25, 0.3) is 0 Å². The van der Waals surface area contributed by atoms with Crippen LogP contribution < -0.4 is 4.74 Å². The van der Waals surface area contributed by atoms with E-state index in [1.54, 1.807) is 37.5 Å². The molecule has 0 unspecified atom stereocenters. The summed E-state index contributed by atoms with van der Waals surface area (Å²) in [5.74, 6) is 0.254. The van der Waals surface area contributed by atoms with Crippen molar-refractivity contribution in [2.45, 2.75) is 6.92 Å². The van der Waals surface area contributed by atoms with Crippen LogP contribution in [0.3, 0.4) is 0 Å². The van der Waals surface area contributed by atoms with E-state index in [1.165, 1.54) is 6.07 Å². The summed E-state index contributed by atoms with van der Waals surface area (Å²) < 4.78 is 6.46. The standard InChI is InChI=1S/C13H10BrNO3/c1-8-4-9(13(16)17)2-3-12(8)18-11-5-10(14)6-15-7-11/h2-7H,1H3,(H,16,17). The van der Waals surface area contributed by atoms with Crippen molar-refractivity contribution in [2.75, 3.05) is 0 Å². The van der Waals surface area contributed by atoms with Gasteiger partial charge in [-0.2, -0.15) is 0 Å². The Labute approximate surface area is 112 Å². The molecule has 0 saturated heterocycles. The first kappa shape index (κ1) is 12.6. The molecule has 0 aliphatic rings. The van der Waals surface area contributed by atoms with Gasteiger partial charge < -0.3 is 9.84 Å². The SMILES string of the molecule is Cc1cc(C(=O)O)ccc1Oc1cncc(Br)c1. The molecule has 0 radical (unpaired) electrons. The van der Waals surface area contributed by atoms with Gasteiger partial charge in [0.25, 0.3) is 0 Å². The summed E-state index contributed by atoms with van der Waals surface area (Å²) in [6.45, 7) is 1.80. The van der Waals surface area contributed by atoms with Crippen LogP contribution in [-0.4, -0.2) is 16.1 Å². The topological polar surface area (TPSA) is 59.4 Å². The third-order valence-electron chi connectivity index (χ3n) is 2.33. The molecular formula is C13H10BrNO3. The Morgan fingerprint density at radius 1 is 1.33 bits per heavy atom. The average Bonchev–Trinajstić information content (AvgIpc) is 2.31. The molecule has 0 aliphatic carbocycles. The van der Waals surface area contributed by atoms with Gasteiger partial charge in [0.2, 0.25) is 0 Å². The maximum absolute atomic E-state index is 10.8. The number of carboxylic acid groups (broad SMARTS) is 1. The predicted octanol–water partition coefficient (Wildman–Crippen LogP) is 3.64. The summed E-state index contributed by atoms with van der Waals surface area (Å²) >= 11 is 3.30. The number of aromatic nitrogens is 1. The van der Waals surface area contributed by atoms with Gasteiger partial charge in [0.05, 0.1) is 11.8 Å². The van der Waals surface area contributed by atoms with E-state index in [9.17, 15) is 4.79 Å². The van der Waals surface area contributed by atoms with Crippen LogP contribution in [0.1, 0.15) is 15.9 Å². The van der Waals surface area contributed by atoms with Gasteiger partial charge in [0.1, 0.15) is 11.5 Å². The third kappa shape index (κ3) is 2.87. The van der Waals surface area contributed by atoms with E-state index in [-0.39, 0.29) is 5.56 Å². The van der Waals surface area contributed by atoms with E-state index in [0.717, 1.165) is 10.0 Å². The van der Waals surface area contributed by atoms with Gasteiger partial charge in [-0.1, -0.05) is 0 Å². The number of benzene rings is 1. The van der Waals surface area contributed by atoms with Gasteiger partial charge in [-0.3, -0.25) is 4.98 Å². The number of carboxylic acids is 1. The number of hydrogen-bond donors (Lipinski definition) is 1. The number of nitrogens with zero attached hydrogens (tertiary/aromatic N) is 1. The van der Waals surface area contributed by atoms with Crippen LogP contribution in [-0.2, 0) is 0 Å². The lowest BCUT2D eigenvalue weighted by molar-refractivity contribution is 0.0697. The number of aromatic carboxylic acids is 1. The van der Waals surface area contributed by atoms with E-state index in [1.807, 2.05) is 0 Å². The Bertz CT molecular complexity index is 599. The molecule has 0 bridgehead atoms. The summed E-state index contributed by atoms with van der Waals surface area (Å²) in [7, 11) is 0. The summed E-state index contributed by atoms with van der Waals surface area (Å²) in [6, 6.07) is 6.51. The zero-order valence-electron chi connectivity index (χ0n) is 9.55. The largest absolute Gasteiger partial charge is 0.478 e. The van der Waals surface area contributed by atoms with E-state index in [2.05, 4.69) is 20.9 Å². The molecule has 0 spiro atoms. The molecule has 0 fully saturated rings. The Morgan fingerprint density at radius 3 is 2.72 bits per heavy atom. The van der Waals surface area contributed by atoms with Crippen LogP contribution in [0.5, 0.6) is 11.5 Å². The molecule has 2 aromatic rings. The molecule has 1 heterocycles. The molecule has 0 atom stereocenters. The van der Waals surface area contributed by atoms with Crippen LogP contribution in [0.4, 0.5) is 0 Å². The normalized spacial score (nSPS) is 10.1. The number of pyridine rings is 1. The van der Waals surface area contributed by atoms with Crippen LogP contribution in [0.2, 0.25) is 0 Å². The average molecular weight is 308 g/mol. The van der Waals surface area contributed by atoms with Crippen molar-refractivity contribution in [3.8, 4) is 11.5 Å². The van der Waals surface area contributed by atoms with Crippen LogP contribution >= 0.6 is 15.9 Å². The smallest absolute Gasteiger partial charge is 0.335 e. The summed E-state index contributed by atoms with van der Waals surface area (Å²) in [4.78, 5) is 14.8. The highest BCUT2D eigenvalue weighted by Gasteiger charge is 2.07. The second kappa shape index (κ2) is 5.18. The predicted molar refractivity (Wildman–Crippen MR) is 70.1 cm³/mol. The molecular weight excluding hydrogens is 298 g/mol. The number of aryl methyl sites for hydroxylation is 1. The van der Waals surface area contributed by atoms with Crippen molar-refractivity contribution in [3.05, 3.63) is 52.3 Å². The van der Waals surface area contributed by atoms with Crippen molar-refractivity contribution in [1.82, 2.24) is 4.98 Å². The van der Waals surface area contributed by atoms with E-state index < -0.39 is 5.97 Å². The Hall–Kier alpha value is -1.88. The first-order valence-corrected chi connectivity index (χ1v) is 5.98. The van der Waals surface area contributed by atoms with Crippen molar-refractivity contribution in [1.29, 1.82) is 0 Å². The van der Waals surface area contributed by atoms with Gasteiger partial charge >= 0.3 is 5.97 Å². The number of halogens is 1. The molecule has 0 aliphatic heterocycles. The van der Waals surface area contributed by atoms with Crippen LogP contribution in [0, 0.1) is 6.92 Å². The molecule has 1 aromatic carbocycles. The molecule has 18 heavy (non-hydrogen) atoms. The van der Waals surface area contributed by atoms with Crippen molar-refractivity contribution in [2.24, 2.45) is 0 Å². The molecule has 5 heteroatoms. The highest BCUT2D eigenvalue weighted by Crippen LogP contribution is 2.26. The van der Waals surface area contributed by atoms with Gasteiger partial charge in [0, 0.05) is 10.7 Å². The minimum absolute atomic E-state index is 0.243. The van der Waals surface area contributed by atoms with Gasteiger partial charge in [-0.05, 0) is 52.7 Å². The minimum Gasteiger partial charge on any atom is -0.478 e. The number of carbonyl (C=O) groups is 1. The molecule has 2 rings (SSSR count). The number of ether oxygens (including phenoxy) is 1. The third-order valence-corrected chi connectivity index (χ3v) is 2.76. The van der Waals surface area contributed by atoms with Crippen molar-refractivity contribution < 1.29 is 14.6 Å². The van der Waals surface area contributed by atoms with Gasteiger partial charge in [0.15, 0.2) is 0 Å². The monoisotopic (exact) mass is 307 g/mol. The molecule has 1 aromatic heterocycles.